The number of anilines is 1. The summed E-state index contributed by atoms with van der Waals surface area (Å²) < 4.78 is 19.4. The van der Waals surface area contributed by atoms with Crippen LogP contribution in [0.2, 0.25) is 0 Å². The summed E-state index contributed by atoms with van der Waals surface area (Å²) in [4.78, 5) is 0. The lowest BCUT2D eigenvalue weighted by molar-refractivity contribution is 0.341. The predicted molar refractivity (Wildman–Crippen MR) is 78.7 cm³/mol. The summed E-state index contributed by atoms with van der Waals surface area (Å²) in [5, 5.41) is 3.49. The number of ether oxygens (including phenoxy) is 1. The standard InChI is InChI=1S/C17H18FNO/c1-2-20-17-9-4-3-8-16(17)19-15-11-10-12-13(15)6-5-7-14(12)18/h3-9,15,19H,2,10-11H2,1H3. The number of benzene rings is 2. The van der Waals surface area contributed by atoms with Gasteiger partial charge < -0.3 is 10.1 Å². The molecular weight excluding hydrogens is 253 g/mol. The van der Waals surface area contributed by atoms with E-state index in [-0.39, 0.29) is 11.9 Å². The van der Waals surface area contributed by atoms with Crippen LogP contribution in [0.25, 0.3) is 0 Å². The fourth-order valence-corrected chi connectivity index (χ4v) is 2.81. The van der Waals surface area contributed by atoms with E-state index < -0.39 is 0 Å². The van der Waals surface area contributed by atoms with E-state index in [2.05, 4.69) is 5.32 Å². The molecule has 0 spiro atoms. The smallest absolute Gasteiger partial charge is 0.142 e. The van der Waals surface area contributed by atoms with E-state index in [1.165, 1.54) is 6.07 Å². The first-order valence-corrected chi connectivity index (χ1v) is 7.05. The molecule has 0 aromatic heterocycles. The fourth-order valence-electron chi connectivity index (χ4n) is 2.81. The van der Waals surface area contributed by atoms with Crippen molar-refractivity contribution in [3.63, 3.8) is 0 Å². The molecule has 0 bridgehead atoms. The van der Waals surface area contributed by atoms with Crippen LogP contribution >= 0.6 is 0 Å². The maximum absolute atomic E-state index is 13.8. The molecule has 1 N–H and O–H groups in total. The van der Waals surface area contributed by atoms with E-state index in [9.17, 15) is 4.39 Å². The van der Waals surface area contributed by atoms with Gasteiger partial charge in [-0.3, -0.25) is 0 Å². The van der Waals surface area contributed by atoms with Crippen molar-refractivity contribution in [2.24, 2.45) is 0 Å². The zero-order chi connectivity index (χ0) is 13.9. The van der Waals surface area contributed by atoms with E-state index in [4.69, 9.17) is 4.74 Å². The maximum atomic E-state index is 13.8. The zero-order valence-electron chi connectivity index (χ0n) is 11.5. The second kappa shape index (κ2) is 5.53. The molecule has 1 aliphatic carbocycles. The molecule has 2 aromatic rings. The highest BCUT2D eigenvalue weighted by atomic mass is 19.1. The van der Waals surface area contributed by atoms with Crippen LogP contribution in [-0.2, 0) is 6.42 Å². The Balaban J connectivity index is 1.86. The molecule has 20 heavy (non-hydrogen) atoms. The Morgan fingerprint density at radius 2 is 2.05 bits per heavy atom. The SMILES string of the molecule is CCOc1ccccc1NC1CCc2c(F)cccc21. The predicted octanol–water partition coefficient (Wildman–Crippen LogP) is 4.32. The van der Waals surface area contributed by atoms with Crippen molar-refractivity contribution in [1.82, 2.24) is 0 Å². The van der Waals surface area contributed by atoms with Crippen molar-refractivity contribution < 1.29 is 9.13 Å². The molecule has 0 aliphatic heterocycles. The Hall–Kier alpha value is -2.03. The van der Waals surface area contributed by atoms with Gasteiger partial charge in [-0.05, 0) is 49.1 Å². The van der Waals surface area contributed by atoms with Gasteiger partial charge in [-0.2, -0.15) is 0 Å². The average Bonchev–Trinajstić information content (AvgIpc) is 2.86. The monoisotopic (exact) mass is 271 g/mol. The van der Waals surface area contributed by atoms with E-state index in [1.54, 1.807) is 6.07 Å². The molecule has 0 saturated carbocycles. The van der Waals surface area contributed by atoms with Gasteiger partial charge in [0.25, 0.3) is 0 Å². The Bertz CT molecular complexity index is 612. The van der Waals surface area contributed by atoms with Crippen molar-refractivity contribution in [3.8, 4) is 5.75 Å². The third-order valence-electron chi connectivity index (χ3n) is 3.73. The summed E-state index contributed by atoms with van der Waals surface area (Å²) in [6, 6.07) is 13.4. The number of rotatable bonds is 4. The molecule has 3 heteroatoms. The lowest BCUT2D eigenvalue weighted by atomic mass is 10.1. The molecule has 0 radical (unpaired) electrons. The van der Waals surface area contributed by atoms with Gasteiger partial charge in [-0.15, -0.1) is 0 Å². The largest absolute Gasteiger partial charge is 0.492 e. The third-order valence-corrected chi connectivity index (χ3v) is 3.73. The molecule has 0 heterocycles. The Morgan fingerprint density at radius 3 is 2.90 bits per heavy atom. The Labute approximate surface area is 118 Å². The highest BCUT2D eigenvalue weighted by molar-refractivity contribution is 5.58. The summed E-state index contributed by atoms with van der Waals surface area (Å²) in [5.41, 5.74) is 2.88. The van der Waals surface area contributed by atoms with Gasteiger partial charge in [0, 0.05) is 0 Å². The molecule has 0 fully saturated rings. The minimum absolute atomic E-state index is 0.0927. The first kappa shape index (κ1) is 13.0. The maximum Gasteiger partial charge on any atom is 0.142 e. The number of fused-ring (bicyclic) bond motifs is 1. The summed E-state index contributed by atoms with van der Waals surface area (Å²) in [7, 11) is 0. The van der Waals surface area contributed by atoms with Crippen LogP contribution < -0.4 is 10.1 Å². The van der Waals surface area contributed by atoms with Crippen LogP contribution in [0.4, 0.5) is 10.1 Å². The van der Waals surface area contributed by atoms with Crippen LogP contribution in [0, 0.1) is 5.82 Å². The summed E-state index contributed by atoms with van der Waals surface area (Å²) >= 11 is 0. The van der Waals surface area contributed by atoms with Crippen molar-refractivity contribution >= 4 is 5.69 Å². The number of halogens is 1. The molecule has 0 saturated heterocycles. The van der Waals surface area contributed by atoms with Crippen LogP contribution in [0.3, 0.4) is 0 Å². The van der Waals surface area contributed by atoms with E-state index in [1.807, 2.05) is 37.3 Å². The lowest BCUT2D eigenvalue weighted by Crippen LogP contribution is -2.08. The van der Waals surface area contributed by atoms with Gasteiger partial charge in [0.05, 0.1) is 18.3 Å². The van der Waals surface area contributed by atoms with Crippen molar-refractivity contribution in [3.05, 3.63) is 59.4 Å². The van der Waals surface area contributed by atoms with Gasteiger partial charge in [0.15, 0.2) is 0 Å². The molecule has 2 aromatic carbocycles. The molecular formula is C17H18FNO. The minimum Gasteiger partial charge on any atom is -0.492 e. The highest BCUT2D eigenvalue weighted by Gasteiger charge is 2.25. The second-order valence-corrected chi connectivity index (χ2v) is 4.97. The molecule has 1 aliphatic rings. The first-order valence-electron chi connectivity index (χ1n) is 7.05. The Kier molecular flexibility index (Phi) is 3.59. The molecule has 0 amide bonds. The third kappa shape index (κ3) is 2.36. The molecule has 2 nitrogen and oxygen atoms in total. The fraction of sp³-hybridized carbons (Fsp3) is 0.294. The van der Waals surface area contributed by atoms with Gasteiger partial charge in [-0.25, -0.2) is 4.39 Å². The number of nitrogens with one attached hydrogen (secondary N) is 1. The van der Waals surface area contributed by atoms with Crippen molar-refractivity contribution in [2.75, 3.05) is 11.9 Å². The molecule has 1 unspecified atom stereocenters. The number of hydrogen-bond acceptors (Lipinski definition) is 2. The normalized spacial score (nSPS) is 16.8. The van der Waals surface area contributed by atoms with Gasteiger partial charge in [-0.1, -0.05) is 24.3 Å². The molecule has 104 valence electrons. The summed E-state index contributed by atoms with van der Waals surface area (Å²) in [6.07, 6.45) is 1.70. The highest BCUT2D eigenvalue weighted by Crippen LogP contribution is 2.37. The lowest BCUT2D eigenvalue weighted by Gasteiger charge is -2.18. The van der Waals surface area contributed by atoms with Gasteiger partial charge in [0.1, 0.15) is 11.6 Å². The summed E-state index contributed by atoms with van der Waals surface area (Å²) in [5.74, 6) is 0.754. The second-order valence-electron chi connectivity index (χ2n) is 4.97. The number of hydrogen-bond donors (Lipinski definition) is 1. The van der Waals surface area contributed by atoms with Gasteiger partial charge >= 0.3 is 0 Å². The van der Waals surface area contributed by atoms with Crippen LogP contribution in [0.5, 0.6) is 5.75 Å². The quantitative estimate of drug-likeness (QED) is 0.894. The molecule has 3 rings (SSSR count). The molecule has 1 atom stereocenters. The first-order chi connectivity index (χ1) is 9.79. The van der Waals surface area contributed by atoms with Crippen molar-refractivity contribution in [1.29, 1.82) is 0 Å². The zero-order valence-corrected chi connectivity index (χ0v) is 11.5. The topological polar surface area (TPSA) is 21.3 Å². The van der Waals surface area contributed by atoms with E-state index in [0.29, 0.717) is 6.61 Å². The van der Waals surface area contributed by atoms with Crippen LogP contribution in [0.1, 0.15) is 30.5 Å². The Morgan fingerprint density at radius 1 is 1.20 bits per heavy atom. The van der Waals surface area contributed by atoms with Crippen LogP contribution in [0.15, 0.2) is 42.5 Å². The van der Waals surface area contributed by atoms with Gasteiger partial charge in [0.2, 0.25) is 0 Å². The van der Waals surface area contributed by atoms with Crippen molar-refractivity contribution in [2.45, 2.75) is 25.8 Å². The van der Waals surface area contributed by atoms with E-state index >= 15 is 0 Å². The minimum atomic E-state index is -0.0927. The van der Waals surface area contributed by atoms with Crippen LogP contribution in [-0.4, -0.2) is 6.61 Å². The number of para-hydroxylation sites is 2. The van der Waals surface area contributed by atoms with E-state index in [0.717, 1.165) is 35.4 Å². The summed E-state index contributed by atoms with van der Waals surface area (Å²) in [6.45, 7) is 2.60. The average molecular weight is 271 g/mol.